The van der Waals surface area contributed by atoms with Crippen molar-refractivity contribution < 1.29 is 0 Å². The third-order valence-electron chi connectivity index (χ3n) is 2.26. The number of nitrogens with zero attached hydrogens (tertiary/aromatic N) is 1. The predicted molar refractivity (Wildman–Crippen MR) is 58.7 cm³/mol. The van der Waals surface area contributed by atoms with Gasteiger partial charge in [-0.05, 0) is 39.9 Å². The maximum absolute atomic E-state index is 3.20. The van der Waals surface area contributed by atoms with Crippen LogP contribution < -0.4 is 5.32 Å². The van der Waals surface area contributed by atoms with E-state index in [1.165, 1.54) is 25.9 Å². The number of hydrogen-bond acceptors (Lipinski definition) is 2. The van der Waals surface area contributed by atoms with Crippen LogP contribution in [0.2, 0.25) is 0 Å². The Morgan fingerprint density at radius 2 is 1.75 bits per heavy atom. The van der Waals surface area contributed by atoms with Crippen LogP contribution in [0.3, 0.4) is 0 Å². The molecule has 0 spiro atoms. The van der Waals surface area contributed by atoms with Crippen molar-refractivity contribution in [3.8, 4) is 0 Å². The van der Waals surface area contributed by atoms with Crippen LogP contribution in [0.1, 0.15) is 19.8 Å². The second-order valence-electron chi connectivity index (χ2n) is 3.15. The topological polar surface area (TPSA) is 15.3 Å². The first kappa shape index (κ1) is 15.0. The molecule has 2 nitrogen and oxygen atoms in total. The van der Waals surface area contributed by atoms with E-state index >= 15 is 0 Å². The van der Waals surface area contributed by atoms with Gasteiger partial charge >= 0.3 is 0 Å². The van der Waals surface area contributed by atoms with Crippen molar-refractivity contribution >= 4 is 24.8 Å². The molecule has 1 fully saturated rings. The first-order chi connectivity index (χ1) is 4.84. The Morgan fingerprint density at radius 3 is 2.17 bits per heavy atom. The zero-order chi connectivity index (χ0) is 7.40. The van der Waals surface area contributed by atoms with E-state index in [9.17, 15) is 0 Å². The van der Waals surface area contributed by atoms with Crippen LogP contribution in [-0.4, -0.2) is 37.6 Å². The molecule has 0 unspecified atom stereocenters. The number of hydrogen-bond donors (Lipinski definition) is 1. The largest absolute Gasteiger partial charge is 0.318 e. The summed E-state index contributed by atoms with van der Waals surface area (Å²) in [6.07, 6.45) is 2.79. The highest BCUT2D eigenvalue weighted by molar-refractivity contribution is 5.85. The molecule has 1 aliphatic heterocycles. The van der Waals surface area contributed by atoms with Gasteiger partial charge in [-0.25, -0.2) is 0 Å². The monoisotopic (exact) mass is 214 g/mol. The van der Waals surface area contributed by atoms with E-state index in [1.807, 2.05) is 7.05 Å². The van der Waals surface area contributed by atoms with E-state index in [-0.39, 0.29) is 24.8 Å². The molecule has 0 saturated carbocycles. The normalized spacial score (nSPS) is 19.5. The first-order valence-corrected chi connectivity index (χ1v) is 4.23. The molecule has 0 aliphatic carbocycles. The molecular formula is C8H20Cl2N2. The van der Waals surface area contributed by atoms with Gasteiger partial charge < -0.3 is 5.32 Å². The number of nitrogens with one attached hydrogen (secondary N) is 1. The molecule has 0 radical (unpaired) electrons. The van der Waals surface area contributed by atoms with E-state index in [0.717, 1.165) is 12.6 Å². The maximum atomic E-state index is 3.20. The Labute approximate surface area is 87.9 Å². The van der Waals surface area contributed by atoms with Gasteiger partial charge in [-0.2, -0.15) is 0 Å². The quantitative estimate of drug-likeness (QED) is 0.768. The average molecular weight is 215 g/mol. The standard InChI is InChI=1S/C8H18N2.2ClH/c1-8(7-9-2)10-5-3-4-6-10;;/h8-9H,3-7H2,1-2H3;2*1H/t8-;;/m0../s1. The summed E-state index contributed by atoms with van der Waals surface area (Å²) in [5, 5.41) is 3.20. The first-order valence-electron chi connectivity index (χ1n) is 4.23. The number of rotatable bonds is 3. The van der Waals surface area contributed by atoms with Crippen LogP contribution in [0.4, 0.5) is 0 Å². The van der Waals surface area contributed by atoms with Crippen LogP contribution >= 0.6 is 24.8 Å². The van der Waals surface area contributed by atoms with Crippen LogP contribution in [0.15, 0.2) is 0 Å². The van der Waals surface area contributed by atoms with Crippen LogP contribution in [-0.2, 0) is 0 Å². The highest BCUT2D eigenvalue weighted by atomic mass is 35.5. The number of halogens is 2. The van der Waals surface area contributed by atoms with Gasteiger partial charge in [0.1, 0.15) is 0 Å². The van der Waals surface area contributed by atoms with E-state index in [0.29, 0.717) is 0 Å². The second-order valence-corrected chi connectivity index (χ2v) is 3.15. The fourth-order valence-corrected chi connectivity index (χ4v) is 1.61. The molecule has 1 rings (SSSR count). The summed E-state index contributed by atoms with van der Waals surface area (Å²) in [6, 6.07) is 0.729. The molecule has 1 heterocycles. The van der Waals surface area contributed by atoms with Crippen molar-refractivity contribution in [2.45, 2.75) is 25.8 Å². The molecule has 4 heteroatoms. The Kier molecular flexibility index (Phi) is 10.1. The molecule has 1 atom stereocenters. The van der Waals surface area contributed by atoms with Gasteiger partial charge in [0.05, 0.1) is 0 Å². The van der Waals surface area contributed by atoms with Crippen molar-refractivity contribution in [2.75, 3.05) is 26.7 Å². The Hall–Kier alpha value is 0.500. The minimum Gasteiger partial charge on any atom is -0.318 e. The van der Waals surface area contributed by atoms with E-state index < -0.39 is 0 Å². The highest BCUT2D eigenvalue weighted by Gasteiger charge is 2.16. The van der Waals surface area contributed by atoms with Crippen LogP contribution in [0.25, 0.3) is 0 Å². The van der Waals surface area contributed by atoms with Gasteiger partial charge in [0.25, 0.3) is 0 Å². The molecule has 1 aliphatic rings. The van der Waals surface area contributed by atoms with E-state index in [1.54, 1.807) is 0 Å². The molecule has 1 saturated heterocycles. The summed E-state index contributed by atoms with van der Waals surface area (Å²) < 4.78 is 0. The summed E-state index contributed by atoms with van der Waals surface area (Å²) in [5.74, 6) is 0. The number of likely N-dealkylation sites (tertiary alicyclic amines) is 1. The summed E-state index contributed by atoms with van der Waals surface area (Å²) in [6.45, 7) is 6.04. The number of likely N-dealkylation sites (N-methyl/N-ethyl adjacent to an activating group) is 1. The molecule has 76 valence electrons. The van der Waals surface area contributed by atoms with Crippen molar-refractivity contribution in [1.29, 1.82) is 0 Å². The molecule has 0 amide bonds. The summed E-state index contributed by atoms with van der Waals surface area (Å²) >= 11 is 0. The Morgan fingerprint density at radius 1 is 1.25 bits per heavy atom. The lowest BCUT2D eigenvalue weighted by Gasteiger charge is -2.22. The molecule has 0 aromatic carbocycles. The maximum Gasteiger partial charge on any atom is 0.0192 e. The SMILES string of the molecule is CNC[C@H](C)N1CCCC1.Cl.Cl. The van der Waals surface area contributed by atoms with Gasteiger partial charge in [0.2, 0.25) is 0 Å². The zero-order valence-electron chi connectivity index (χ0n) is 7.88. The van der Waals surface area contributed by atoms with Crippen molar-refractivity contribution in [1.82, 2.24) is 10.2 Å². The van der Waals surface area contributed by atoms with E-state index in [4.69, 9.17) is 0 Å². The van der Waals surface area contributed by atoms with E-state index in [2.05, 4.69) is 17.1 Å². The molecule has 0 aromatic heterocycles. The Bertz CT molecular complexity index is 95.1. The third kappa shape index (κ3) is 4.51. The summed E-state index contributed by atoms with van der Waals surface area (Å²) in [7, 11) is 2.02. The van der Waals surface area contributed by atoms with Crippen molar-refractivity contribution in [3.05, 3.63) is 0 Å². The van der Waals surface area contributed by atoms with Gasteiger partial charge in [-0.3, -0.25) is 4.90 Å². The van der Waals surface area contributed by atoms with Gasteiger partial charge in [-0.1, -0.05) is 0 Å². The third-order valence-corrected chi connectivity index (χ3v) is 2.26. The lowest BCUT2D eigenvalue weighted by atomic mass is 10.3. The smallest absolute Gasteiger partial charge is 0.0192 e. The summed E-state index contributed by atoms with van der Waals surface area (Å²) in [4.78, 5) is 2.55. The predicted octanol–water partition coefficient (Wildman–Crippen LogP) is 1.53. The molecular weight excluding hydrogens is 195 g/mol. The molecule has 0 bridgehead atoms. The molecule has 12 heavy (non-hydrogen) atoms. The van der Waals surface area contributed by atoms with Crippen LogP contribution in [0, 0.1) is 0 Å². The van der Waals surface area contributed by atoms with Gasteiger partial charge in [0.15, 0.2) is 0 Å². The van der Waals surface area contributed by atoms with Gasteiger partial charge in [0, 0.05) is 12.6 Å². The minimum absolute atomic E-state index is 0. The highest BCUT2D eigenvalue weighted by Crippen LogP contribution is 2.10. The Balaban J connectivity index is 0. The second kappa shape index (κ2) is 8.11. The average Bonchev–Trinajstić information content (AvgIpc) is 2.38. The zero-order valence-corrected chi connectivity index (χ0v) is 9.51. The molecule has 0 aromatic rings. The van der Waals surface area contributed by atoms with Crippen LogP contribution in [0.5, 0.6) is 0 Å². The fraction of sp³-hybridized carbons (Fsp3) is 1.00. The lowest BCUT2D eigenvalue weighted by Crippen LogP contribution is -2.37. The van der Waals surface area contributed by atoms with Crippen molar-refractivity contribution in [3.63, 3.8) is 0 Å². The van der Waals surface area contributed by atoms with Crippen molar-refractivity contribution in [2.24, 2.45) is 0 Å². The lowest BCUT2D eigenvalue weighted by molar-refractivity contribution is 0.255. The fourth-order valence-electron chi connectivity index (χ4n) is 1.61. The summed E-state index contributed by atoms with van der Waals surface area (Å²) in [5.41, 5.74) is 0. The molecule has 1 N–H and O–H groups in total. The van der Waals surface area contributed by atoms with Gasteiger partial charge in [-0.15, -0.1) is 24.8 Å². The minimum atomic E-state index is 0.